The molecule has 0 unspecified atom stereocenters. The van der Waals surface area contributed by atoms with Crippen LogP contribution in [0.2, 0.25) is 0 Å². The zero-order valence-corrected chi connectivity index (χ0v) is 19.2. The van der Waals surface area contributed by atoms with Gasteiger partial charge in [-0.1, -0.05) is 25.5 Å². The van der Waals surface area contributed by atoms with E-state index in [0.29, 0.717) is 12.5 Å². The highest BCUT2D eigenvalue weighted by atomic mass is 16.6. The Morgan fingerprint density at radius 3 is 3.03 bits per heavy atom. The van der Waals surface area contributed by atoms with Gasteiger partial charge in [0.25, 0.3) is 0 Å². The van der Waals surface area contributed by atoms with Crippen molar-refractivity contribution in [3.8, 4) is 5.75 Å². The second kappa shape index (κ2) is 8.23. The maximum absolute atomic E-state index is 12.7. The molecule has 2 aromatic rings. The van der Waals surface area contributed by atoms with Crippen LogP contribution < -0.4 is 10.1 Å². The molecule has 1 aliphatic heterocycles. The van der Waals surface area contributed by atoms with E-state index < -0.39 is 6.10 Å². The molecule has 1 saturated heterocycles. The normalized spacial score (nSPS) is 34.1. The van der Waals surface area contributed by atoms with Crippen LogP contribution >= 0.6 is 0 Å². The SMILES string of the molecule is COc1ccc2[nH]cc(CCNC[C@H]3C(=O)O[C@@H]4CC5=CCC[C@H](C)[C@@]5(C)[C@H](O)[C@@H]43)c2c1. The minimum atomic E-state index is -0.554. The predicted octanol–water partition coefficient (Wildman–Crippen LogP) is 3.59. The fourth-order valence-corrected chi connectivity index (χ4v) is 6.27. The van der Waals surface area contributed by atoms with Gasteiger partial charge in [-0.15, -0.1) is 0 Å². The van der Waals surface area contributed by atoms with Crippen molar-refractivity contribution in [2.45, 2.75) is 51.7 Å². The topological polar surface area (TPSA) is 83.6 Å². The summed E-state index contributed by atoms with van der Waals surface area (Å²) in [5.74, 6) is 0.636. The minimum absolute atomic E-state index is 0.143. The summed E-state index contributed by atoms with van der Waals surface area (Å²) < 4.78 is 11.1. The number of esters is 1. The molecule has 0 amide bonds. The molecule has 2 heterocycles. The van der Waals surface area contributed by atoms with E-state index in [1.165, 1.54) is 11.1 Å². The monoisotopic (exact) mass is 438 g/mol. The van der Waals surface area contributed by atoms with Crippen molar-refractivity contribution in [1.82, 2.24) is 10.3 Å². The van der Waals surface area contributed by atoms with Gasteiger partial charge in [0.1, 0.15) is 11.9 Å². The van der Waals surface area contributed by atoms with Crippen molar-refractivity contribution in [3.05, 3.63) is 41.6 Å². The van der Waals surface area contributed by atoms with Crippen LogP contribution in [-0.2, 0) is 16.0 Å². The van der Waals surface area contributed by atoms with Gasteiger partial charge in [-0.2, -0.15) is 0 Å². The summed E-state index contributed by atoms with van der Waals surface area (Å²) in [6.45, 7) is 5.70. The maximum Gasteiger partial charge on any atom is 0.311 e. The minimum Gasteiger partial charge on any atom is -0.497 e. The van der Waals surface area contributed by atoms with Crippen molar-refractivity contribution in [3.63, 3.8) is 0 Å². The molecule has 2 aliphatic carbocycles. The van der Waals surface area contributed by atoms with Crippen LogP contribution in [0.15, 0.2) is 36.0 Å². The number of hydrogen-bond acceptors (Lipinski definition) is 5. The average molecular weight is 439 g/mol. The Morgan fingerprint density at radius 1 is 1.38 bits per heavy atom. The zero-order valence-electron chi connectivity index (χ0n) is 19.2. The van der Waals surface area contributed by atoms with Gasteiger partial charge in [0.2, 0.25) is 0 Å². The lowest BCUT2D eigenvalue weighted by Crippen LogP contribution is -2.54. The van der Waals surface area contributed by atoms with Gasteiger partial charge in [0, 0.05) is 41.4 Å². The maximum atomic E-state index is 12.7. The van der Waals surface area contributed by atoms with Gasteiger partial charge in [0.05, 0.1) is 19.1 Å². The highest BCUT2D eigenvalue weighted by molar-refractivity contribution is 5.84. The number of aliphatic hydroxyl groups excluding tert-OH is 1. The Kier molecular flexibility index (Phi) is 5.54. The van der Waals surface area contributed by atoms with E-state index in [0.717, 1.165) is 48.9 Å². The Labute approximate surface area is 189 Å². The molecule has 3 aliphatic rings. The van der Waals surface area contributed by atoms with E-state index in [1.807, 2.05) is 18.3 Å². The van der Waals surface area contributed by atoms with Crippen LogP contribution in [0.1, 0.15) is 38.7 Å². The molecule has 3 N–H and O–H groups in total. The first-order valence-electron chi connectivity index (χ1n) is 11.9. The molecular formula is C26H34N2O4. The summed E-state index contributed by atoms with van der Waals surface area (Å²) in [6, 6.07) is 6.03. The van der Waals surface area contributed by atoms with E-state index in [-0.39, 0.29) is 29.3 Å². The summed E-state index contributed by atoms with van der Waals surface area (Å²) in [5, 5.41) is 16.1. The number of fused-ring (bicyclic) bond motifs is 3. The van der Waals surface area contributed by atoms with E-state index >= 15 is 0 Å². The van der Waals surface area contributed by atoms with Gasteiger partial charge >= 0.3 is 5.97 Å². The third-order valence-electron chi connectivity index (χ3n) is 8.48. The van der Waals surface area contributed by atoms with Crippen LogP contribution in [0, 0.1) is 23.2 Å². The quantitative estimate of drug-likeness (QED) is 0.365. The largest absolute Gasteiger partial charge is 0.497 e. The average Bonchev–Trinajstić information content (AvgIpc) is 3.33. The lowest BCUT2D eigenvalue weighted by molar-refractivity contribution is -0.144. The van der Waals surface area contributed by atoms with Crippen LogP contribution in [0.4, 0.5) is 0 Å². The van der Waals surface area contributed by atoms with Crippen molar-refractivity contribution < 1.29 is 19.4 Å². The number of aliphatic hydroxyl groups is 1. The molecule has 0 radical (unpaired) electrons. The summed E-state index contributed by atoms with van der Waals surface area (Å²) in [7, 11) is 1.68. The summed E-state index contributed by atoms with van der Waals surface area (Å²) in [5.41, 5.74) is 3.33. The number of rotatable bonds is 6. The van der Waals surface area contributed by atoms with Gasteiger partial charge < -0.3 is 24.9 Å². The molecule has 0 spiro atoms. The Hall–Kier alpha value is -2.31. The highest BCUT2D eigenvalue weighted by Gasteiger charge is 2.59. The van der Waals surface area contributed by atoms with Crippen molar-refractivity contribution in [2.75, 3.05) is 20.2 Å². The van der Waals surface area contributed by atoms with Crippen LogP contribution in [-0.4, -0.2) is 48.5 Å². The van der Waals surface area contributed by atoms with Gasteiger partial charge in [0.15, 0.2) is 0 Å². The standard InChI is InChI=1S/C26H34N2O4/c1-15-5-4-6-17-11-22-23(24(29)26(15,17)2)20(25(30)32-22)14-27-10-9-16-13-28-21-8-7-18(31-3)12-19(16)21/h6-8,12-13,15,20,22-24,27-29H,4-5,9-11,14H2,1-3H3/t15-,20+,22+,23+,24+,26+/m0/s1. The second-order valence-corrected chi connectivity index (χ2v) is 9.98. The number of H-pyrrole nitrogens is 1. The van der Waals surface area contributed by atoms with E-state index in [9.17, 15) is 9.90 Å². The fourth-order valence-electron chi connectivity index (χ4n) is 6.27. The molecule has 1 saturated carbocycles. The lowest BCUT2D eigenvalue weighted by atomic mass is 9.55. The van der Waals surface area contributed by atoms with E-state index in [1.54, 1.807) is 7.11 Å². The Balaban J connectivity index is 1.25. The number of benzene rings is 1. The second-order valence-electron chi connectivity index (χ2n) is 9.98. The number of aromatic amines is 1. The summed E-state index contributed by atoms with van der Waals surface area (Å²) in [6.07, 6.45) is 7.30. The van der Waals surface area contributed by atoms with Crippen LogP contribution in [0.3, 0.4) is 0 Å². The number of nitrogens with one attached hydrogen (secondary N) is 2. The smallest absolute Gasteiger partial charge is 0.311 e. The number of ether oxygens (including phenoxy) is 2. The molecule has 2 fully saturated rings. The number of aromatic nitrogens is 1. The number of carbonyl (C=O) groups excluding carboxylic acids is 1. The summed E-state index contributed by atoms with van der Waals surface area (Å²) in [4.78, 5) is 16.0. The van der Waals surface area contributed by atoms with Gasteiger partial charge in [-0.05, 0) is 55.5 Å². The Morgan fingerprint density at radius 2 is 2.22 bits per heavy atom. The van der Waals surface area contributed by atoms with Gasteiger partial charge in [-0.25, -0.2) is 0 Å². The first kappa shape index (κ1) is 21.5. The van der Waals surface area contributed by atoms with E-state index in [4.69, 9.17) is 9.47 Å². The molecular weight excluding hydrogens is 404 g/mol. The molecule has 6 nitrogen and oxygen atoms in total. The van der Waals surface area contributed by atoms with Crippen molar-refractivity contribution in [1.29, 1.82) is 0 Å². The fraction of sp³-hybridized carbons (Fsp3) is 0.577. The number of hydrogen-bond donors (Lipinski definition) is 3. The predicted molar refractivity (Wildman–Crippen MR) is 123 cm³/mol. The highest BCUT2D eigenvalue weighted by Crippen LogP contribution is 2.55. The van der Waals surface area contributed by atoms with Gasteiger partial charge in [-0.3, -0.25) is 4.79 Å². The number of allylic oxidation sites excluding steroid dienone is 1. The third kappa shape index (κ3) is 3.35. The van der Waals surface area contributed by atoms with Crippen LogP contribution in [0.5, 0.6) is 5.75 Å². The van der Waals surface area contributed by atoms with Crippen LogP contribution in [0.25, 0.3) is 10.9 Å². The number of carbonyl (C=O) groups is 1. The van der Waals surface area contributed by atoms with E-state index in [2.05, 4.69) is 36.3 Å². The molecule has 172 valence electrons. The van der Waals surface area contributed by atoms with Crippen molar-refractivity contribution >= 4 is 16.9 Å². The molecule has 0 bridgehead atoms. The third-order valence-corrected chi connectivity index (χ3v) is 8.48. The molecule has 1 aromatic carbocycles. The zero-order chi connectivity index (χ0) is 22.5. The molecule has 6 atom stereocenters. The molecule has 5 rings (SSSR count). The number of methoxy groups -OCH3 is 1. The lowest BCUT2D eigenvalue weighted by Gasteiger charge is -2.51. The first-order chi connectivity index (χ1) is 15.4. The first-order valence-corrected chi connectivity index (χ1v) is 11.9. The van der Waals surface area contributed by atoms with Crippen molar-refractivity contribution in [2.24, 2.45) is 23.2 Å². The molecule has 32 heavy (non-hydrogen) atoms. The summed E-state index contributed by atoms with van der Waals surface area (Å²) >= 11 is 0. The molecule has 6 heteroatoms. The molecule has 1 aromatic heterocycles. The Bertz CT molecular complexity index is 1040.